The van der Waals surface area contributed by atoms with Crippen LogP contribution in [0.15, 0.2) is 54.6 Å². The van der Waals surface area contributed by atoms with Gasteiger partial charge in [0.2, 0.25) is 21.8 Å². The van der Waals surface area contributed by atoms with Gasteiger partial charge in [-0.2, -0.15) is 0 Å². The summed E-state index contributed by atoms with van der Waals surface area (Å²) in [5, 5.41) is 2.60. The number of rotatable bonds is 11. The minimum atomic E-state index is -3.80. The maximum Gasteiger partial charge on any atom is 0.244 e. The molecule has 1 unspecified atom stereocenters. The molecule has 2 rings (SSSR count). The molecule has 2 aromatic carbocycles. The van der Waals surface area contributed by atoms with Crippen LogP contribution in [-0.2, 0) is 26.0 Å². The molecule has 2 amide bonds. The van der Waals surface area contributed by atoms with E-state index in [2.05, 4.69) is 5.32 Å². The van der Waals surface area contributed by atoms with Crippen LogP contribution in [0.1, 0.15) is 18.9 Å². The number of para-hydroxylation sites is 2. The lowest BCUT2D eigenvalue weighted by Crippen LogP contribution is -2.52. The molecule has 0 aliphatic rings. The van der Waals surface area contributed by atoms with Gasteiger partial charge in [-0.05, 0) is 30.5 Å². The van der Waals surface area contributed by atoms with Gasteiger partial charge in [0, 0.05) is 13.6 Å². The normalized spacial score (nSPS) is 12.0. The molecule has 8 nitrogen and oxygen atoms in total. The second-order valence-electron chi connectivity index (χ2n) is 7.30. The van der Waals surface area contributed by atoms with Gasteiger partial charge >= 0.3 is 0 Å². The largest absolute Gasteiger partial charge is 0.495 e. The second-order valence-corrected chi connectivity index (χ2v) is 9.21. The Bertz CT molecular complexity index is 1010. The van der Waals surface area contributed by atoms with Crippen molar-refractivity contribution >= 4 is 27.5 Å². The topological polar surface area (TPSA) is 96.0 Å². The number of benzene rings is 2. The molecule has 0 saturated carbocycles. The number of hydrogen-bond acceptors (Lipinski definition) is 5. The molecule has 32 heavy (non-hydrogen) atoms. The zero-order valence-electron chi connectivity index (χ0n) is 18.9. The van der Waals surface area contributed by atoms with Gasteiger partial charge < -0.3 is 15.0 Å². The summed E-state index contributed by atoms with van der Waals surface area (Å²) in [6, 6.07) is 15.5. The fourth-order valence-corrected chi connectivity index (χ4v) is 4.35. The molecule has 2 aromatic rings. The van der Waals surface area contributed by atoms with E-state index < -0.39 is 28.5 Å². The third kappa shape index (κ3) is 6.46. The number of nitrogens with one attached hydrogen (secondary N) is 1. The lowest BCUT2D eigenvalue weighted by molar-refractivity contribution is -0.139. The van der Waals surface area contributed by atoms with Crippen molar-refractivity contribution in [1.82, 2.24) is 10.2 Å². The Morgan fingerprint density at radius 2 is 1.69 bits per heavy atom. The number of hydrogen-bond donors (Lipinski definition) is 1. The minimum absolute atomic E-state index is 0.266. The van der Waals surface area contributed by atoms with Crippen LogP contribution in [0.2, 0.25) is 0 Å². The Kier molecular flexibility index (Phi) is 9.07. The van der Waals surface area contributed by atoms with Crippen LogP contribution in [-0.4, -0.2) is 64.7 Å². The number of carbonyl (C=O) groups is 2. The molecule has 174 valence electrons. The molecule has 0 aliphatic heterocycles. The van der Waals surface area contributed by atoms with Crippen molar-refractivity contribution in [2.75, 3.05) is 37.8 Å². The van der Waals surface area contributed by atoms with Crippen molar-refractivity contribution in [1.29, 1.82) is 0 Å². The predicted octanol–water partition coefficient (Wildman–Crippen LogP) is 2.06. The molecule has 0 heterocycles. The maximum atomic E-state index is 13.4. The highest BCUT2D eigenvalue weighted by Gasteiger charge is 2.31. The summed E-state index contributed by atoms with van der Waals surface area (Å²) in [5.41, 5.74) is 1.28. The maximum absolute atomic E-state index is 13.4. The molecule has 9 heteroatoms. The number of anilines is 1. The van der Waals surface area contributed by atoms with Gasteiger partial charge in [0.05, 0.1) is 19.1 Å². The Morgan fingerprint density at radius 3 is 2.25 bits per heavy atom. The monoisotopic (exact) mass is 461 g/mol. The highest BCUT2D eigenvalue weighted by atomic mass is 32.2. The molecular formula is C23H31N3O5S. The number of ether oxygens (including phenoxy) is 1. The quantitative estimate of drug-likeness (QED) is 0.553. The van der Waals surface area contributed by atoms with Crippen molar-refractivity contribution in [3.8, 4) is 5.75 Å². The minimum Gasteiger partial charge on any atom is -0.495 e. The first kappa shape index (κ1) is 25.2. The molecule has 1 N–H and O–H groups in total. The van der Waals surface area contributed by atoms with Gasteiger partial charge in [-0.15, -0.1) is 0 Å². The fourth-order valence-electron chi connectivity index (χ4n) is 3.49. The SMILES string of the molecule is CCC(C(=O)NC)N(CCc1ccccc1)C(=O)CN(c1ccccc1OC)S(C)(=O)=O. The second kappa shape index (κ2) is 11.5. The molecule has 0 fully saturated rings. The number of carbonyl (C=O) groups excluding carboxylic acids is 2. The van der Waals surface area contributed by atoms with Gasteiger partial charge in [0.25, 0.3) is 0 Å². The van der Waals surface area contributed by atoms with Gasteiger partial charge in [-0.25, -0.2) is 8.42 Å². The van der Waals surface area contributed by atoms with Crippen LogP contribution in [0.25, 0.3) is 0 Å². The van der Waals surface area contributed by atoms with Crippen molar-refractivity contribution in [2.24, 2.45) is 0 Å². The molecule has 0 bridgehead atoms. The number of likely N-dealkylation sites (N-methyl/N-ethyl adjacent to an activating group) is 1. The third-order valence-electron chi connectivity index (χ3n) is 5.15. The van der Waals surface area contributed by atoms with Crippen LogP contribution in [0.5, 0.6) is 5.75 Å². The van der Waals surface area contributed by atoms with E-state index in [0.717, 1.165) is 16.1 Å². The van der Waals surface area contributed by atoms with Crippen LogP contribution < -0.4 is 14.4 Å². The average Bonchev–Trinajstić information content (AvgIpc) is 2.79. The fraction of sp³-hybridized carbons (Fsp3) is 0.391. The van der Waals surface area contributed by atoms with Crippen molar-refractivity contribution < 1.29 is 22.7 Å². The molecule has 0 spiro atoms. The molecule has 0 radical (unpaired) electrons. The summed E-state index contributed by atoms with van der Waals surface area (Å²) in [7, 11) is -0.846. The Balaban J connectivity index is 2.37. The summed E-state index contributed by atoms with van der Waals surface area (Å²) in [5.74, 6) is -0.426. The summed E-state index contributed by atoms with van der Waals surface area (Å²) in [6.07, 6.45) is 1.97. The molecule has 0 aliphatic carbocycles. The first-order valence-electron chi connectivity index (χ1n) is 10.4. The molecule has 0 saturated heterocycles. The Morgan fingerprint density at radius 1 is 1.06 bits per heavy atom. The van der Waals surface area contributed by atoms with Gasteiger partial charge in [0.15, 0.2) is 0 Å². The standard InChI is InChI=1S/C23H31N3O5S/c1-5-19(23(28)24-2)25(16-15-18-11-7-6-8-12-18)22(27)17-26(32(4,29)30)20-13-9-10-14-21(20)31-3/h6-14,19H,5,15-17H2,1-4H3,(H,24,28). The molecular weight excluding hydrogens is 430 g/mol. The zero-order valence-corrected chi connectivity index (χ0v) is 19.8. The Labute approximate surface area is 190 Å². The van der Waals surface area contributed by atoms with E-state index in [1.807, 2.05) is 37.3 Å². The van der Waals surface area contributed by atoms with Crippen molar-refractivity contribution in [3.63, 3.8) is 0 Å². The first-order valence-corrected chi connectivity index (χ1v) is 12.2. The highest BCUT2D eigenvalue weighted by molar-refractivity contribution is 7.92. The van der Waals surface area contributed by atoms with Gasteiger partial charge in [0.1, 0.15) is 18.3 Å². The first-order chi connectivity index (χ1) is 15.2. The van der Waals surface area contributed by atoms with E-state index >= 15 is 0 Å². The van der Waals surface area contributed by atoms with Gasteiger partial charge in [-0.3, -0.25) is 13.9 Å². The lowest BCUT2D eigenvalue weighted by atomic mass is 10.1. The Hall–Kier alpha value is -3.07. The number of nitrogens with zero attached hydrogens (tertiary/aromatic N) is 2. The van der Waals surface area contributed by atoms with E-state index in [1.165, 1.54) is 19.1 Å². The van der Waals surface area contributed by atoms with Crippen molar-refractivity contribution in [2.45, 2.75) is 25.8 Å². The molecule has 1 atom stereocenters. The van der Waals surface area contributed by atoms with Crippen LogP contribution in [0.4, 0.5) is 5.69 Å². The van der Waals surface area contributed by atoms with Gasteiger partial charge in [-0.1, -0.05) is 49.4 Å². The summed E-state index contributed by atoms with van der Waals surface area (Å²) >= 11 is 0. The summed E-state index contributed by atoms with van der Waals surface area (Å²) in [4.78, 5) is 27.4. The number of methoxy groups -OCH3 is 1. The van der Waals surface area contributed by atoms with E-state index in [9.17, 15) is 18.0 Å². The number of sulfonamides is 1. The highest BCUT2D eigenvalue weighted by Crippen LogP contribution is 2.29. The average molecular weight is 462 g/mol. The van der Waals surface area contributed by atoms with E-state index in [4.69, 9.17) is 4.74 Å². The number of amides is 2. The predicted molar refractivity (Wildman–Crippen MR) is 125 cm³/mol. The van der Waals surface area contributed by atoms with Crippen molar-refractivity contribution in [3.05, 3.63) is 60.2 Å². The van der Waals surface area contributed by atoms with E-state index in [0.29, 0.717) is 18.6 Å². The van der Waals surface area contributed by atoms with Crippen LogP contribution in [0.3, 0.4) is 0 Å². The lowest BCUT2D eigenvalue weighted by Gasteiger charge is -2.32. The van der Waals surface area contributed by atoms with Crippen LogP contribution >= 0.6 is 0 Å². The zero-order chi connectivity index (χ0) is 23.7. The van der Waals surface area contributed by atoms with Crippen LogP contribution in [0, 0.1) is 0 Å². The smallest absolute Gasteiger partial charge is 0.244 e. The van der Waals surface area contributed by atoms with E-state index in [1.54, 1.807) is 24.3 Å². The molecule has 0 aromatic heterocycles. The third-order valence-corrected chi connectivity index (χ3v) is 6.28. The summed E-state index contributed by atoms with van der Waals surface area (Å²) < 4.78 is 31.5. The van der Waals surface area contributed by atoms with E-state index in [-0.39, 0.29) is 18.1 Å². The summed E-state index contributed by atoms with van der Waals surface area (Å²) in [6.45, 7) is 1.65.